The largest absolute Gasteiger partial charge is 0.484 e. The summed E-state index contributed by atoms with van der Waals surface area (Å²) in [5.74, 6) is 0.277. The van der Waals surface area contributed by atoms with E-state index in [4.69, 9.17) is 4.74 Å². The Morgan fingerprint density at radius 3 is 2.30 bits per heavy atom. The van der Waals surface area contributed by atoms with Crippen LogP contribution in [0.25, 0.3) is 0 Å². The quantitative estimate of drug-likeness (QED) is 0.682. The normalized spacial score (nSPS) is 15.5. The number of hydrogen-bond donors (Lipinski definition) is 0. The molecule has 27 heavy (non-hydrogen) atoms. The summed E-state index contributed by atoms with van der Waals surface area (Å²) in [4.78, 5) is 25.2. The summed E-state index contributed by atoms with van der Waals surface area (Å²) in [6, 6.07) is 9.89. The highest BCUT2D eigenvalue weighted by atomic mass is 32.2. The molecule has 9 heteroatoms. The van der Waals surface area contributed by atoms with Gasteiger partial charge in [0.15, 0.2) is 12.4 Å². The molecule has 1 saturated heterocycles. The number of carbonyl (C=O) groups excluding carboxylic acids is 2. The van der Waals surface area contributed by atoms with Gasteiger partial charge in [0.1, 0.15) is 9.96 Å². The number of carbonyl (C=O) groups is 2. The van der Waals surface area contributed by atoms with Crippen molar-refractivity contribution in [3.05, 3.63) is 47.3 Å². The Bertz CT molecular complexity index is 900. The van der Waals surface area contributed by atoms with Crippen LogP contribution in [0, 0.1) is 0 Å². The minimum atomic E-state index is -3.48. The number of hydrogen-bond acceptors (Lipinski definition) is 6. The highest BCUT2D eigenvalue weighted by molar-refractivity contribution is 7.91. The summed E-state index contributed by atoms with van der Waals surface area (Å²) in [5, 5.41) is 1.73. The number of Topliss-reactive ketones (excluding diaryl/α,β-unsaturated/α-hetero) is 1. The lowest BCUT2D eigenvalue weighted by atomic mass is 10.1. The van der Waals surface area contributed by atoms with E-state index < -0.39 is 10.0 Å². The fourth-order valence-corrected chi connectivity index (χ4v) is 5.30. The Balaban J connectivity index is 1.50. The van der Waals surface area contributed by atoms with E-state index in [1.54, 1.807) is 46.7 Å². The molecule has 7 nitrogen and oxygen atoms in total. The summed E-state index contributed by atoms with van der Waals surface area (Å²) in [7, 11) is -3.48. The van der Waals surface area contributed by atoms with Gasteiger partial charge in [0.25, 0.3) is 15.9 Å². The summed E-state index contributed by atoms with van der Waals surface area (Å²) < 4.78 is 32.2. The molecule has 0 atom stereocenters. The van der Waals surface area contributed by atoms with Crippen molar-refractivity contribution >= 4 is 33.1 Å². The van der Waals surface area contributed by atoms with Gasteiger partial charge in [0.05, 0.1) is 0 Å². The standard InChI is InChI=1S/C18H20N2O5S2/c1-14(21)15-4-6-16(7-5-15)25-13-17(22)19-8-10-20(11-9-19)27(23,24)18-3-2-12-26-18/h2-7,12H,8-11,13H2,1H3. The Hall–Kier alpha value is -2.23. The number of sulfonamides is 1. The van der Waals surface area contributed by atoms with E-state index in [0.717, 1.165) is 0 Å². The average molecular weight is 409 g/mol. The fraction of sp³-hybridized carbons (Fsp3) is 0.333. The maximum absolute atomic E-state index is 12.5. The zero-order valence-corrected chi connectivity index (χ0v) is 16.5. The van der Waals surface area contributed by atoms with Gasteiger partial charge < -0.3 is 9.64 Å². The number of nitrogens with zero attached hydrogens (tertiary/aromatic N) is 2. The van der Waals surface area contributed by atoms with Crippen LogP contribution < -0.4 is 4.74 Å². The molecule has 0 radical (unpaired) electrons. The van der Waals surface area contributed by atoms with Gasteiger partial charge in [-0.15, -0.1) is 11.3 Å². The second-order valence-electron chi connectivity index (χ2n) is 6.09. The van der Waals surface area contributed by atoms with Crippen molar-refractivity contribution in [2.75, 3.05) is 32.8 Å². The SMILES string of the molecule is CC(=O)c1ccc(OCC(=O)N2CCN(S(=O)(=O)c3cccs3)CC2)cc1. The number of ether oxygens (including phenoxy) is 1. The third-order valence-electron chi connectivity index (χ3n) is 4.30. The number of piperazine rings is 1. The predicted octanol–water partition coefficient (Wildman–Crippen LogP) is 1.86. The van der Waals surface area contributed by atoms with E-state index in [1.165, 1.54) is 22.6 Å². The van der Waals surface area contributed by atoms with Crippen molar-refractivity contribution in [3.63, 3.8) is 0 Å². The molecule has 2 heterocycles. The number of amides is 1. The summed E-state index contributed by atoms with van der Waals surface area (Å²) in [5.41, 5.74) is 0.580. The maximum atomic E-state index is 12.5. The lowest BCUT2D eigenvalue weighted by molar-refractivity contribution is -0.134. The van der Waals surface area contributed by atoms with E-state index in [-0.39, 0.29) is 31.4 Å². The molecule has 2 aromatic rings. The minimum absolute atomic E-state index is 0.0343. The molecule has 1 aliphatic heterocycles. The third kappa shape index (κ3) is 4.55. The van der Waals surface area contributed by atoms with Crippen molar-refractivity contribution in [3.8, 4) is 5.75 Å². The number of rotatable bonds is 6. The first-order valence-corrected chi connectivity index (χ1v) is 10.7. The lowest BCUT2D eigenvalue weighted by Crippen LogP contribution is -2.51. The first kappa shape index (κ1) is 19.5. The molecule has 1 aromatic carbocycles. The average Bonchev–Trinajstić information content (AvgIpc) is 3.22. The van der Waals surface area contributed by atoms with E-state index >= 15 is 0 Å². The van der Waals surface area contributed by atoms with Gasteiger partial charge in [-0.05, 0) is 42.6 Å². The second kappa shape index (κ2) is 8.20. The molecule has 0 spiro atoms. The van der Waals surface area contributed by atoms with Crippen molar-refractivity contribution in [2.45, 2.75) is 11.1 Å². The molecule has 0 N–H and O–H groups in total. The van der Waals surface area contributed by atoms with Crippen molar-refractivity contribution in [1.29, 1.82) is 0 Å². The Kier molecular flexibility index (Phi) is 5.93. The number of benzene rings is 1. The van der Waals surface area contributed by atoms with Gasteiger partial charge in [-0.25, -0.2) is 8.42 Å². The smallest absolute Gasteiger partial charge is 0.260 e. The molecule has 144 valence electrons. The van der Waals surface area contributed by atoms with E-state index in [1.807, 2.05) is 0 Å². The van der Waals surface area contributed by atoms with E-state index in [9.17, 15) is 18.0 Å². The van der Waals surface area contributed by atoms with Gasteiger partial charge in [-0.3, -0.25) is 9.59 Å². The van der Waals surface area contributed by atoms with Crippen LogP contribution in [-0.2, 0) is 14.8 Å². The van der Waals surface area contributed by atoms with Crippen LogP contribution in [0.1, 0.15) is 17.3 Å². The van der Waals surface area contributed by atoms with Gasteiger partial charge in [-0.1, -0.05) is 6.07 Å². The highest BCUT2D eigenvalue weighted by Gasteiger charge is 2.30. The third-order valence-corrected chi connectivity index (χ3v) is 7.58. The van der Waals surface area contributed by atoms with Crippen LogP contribution in [0.4, 0.5) is 0 Å². The lowest BCUT2D eigenvalue weighted by Gasteiger charge is -2.33. The fourth-order valence-electron chi connectivity index (χ4n) is 2.74. The topological polar surface area (TPSA) is 84.0 Å². The van der Waals surface area contributed by atoms with E-state index in [0.29, 0.717) is 28.6 Å². The summed E-state index contributed by atoms with van der Waals surface area (Å²) in [6.07, 6.45) is 0. The molecule has 1 aliphatic rings. The molecule has 1 fully saturated rings. The maximum Gasteiger partial charge on any atom is 0.260 e. The second-order valence-corrected chi connectivity index (χ2v) is 9.20. The van der Waals surface area contributed by atoms with E-state index in [2.05, 4.69) is 0 Å². The Morgan fingerprint density at radius 1 is 1.07 bits per heavy atom. The predicted molar refractivity (Wildman–Crippen MR) is 102 cm³/mol. The zero-order chi connectivity index (χ0) is 19.4. The number of ketones is 1. The number of thiophene rings is 1. The minimum Gasteiger partial charge on any atom is -0.484 e. The summed E-state index contributed by atoms with van der Waals surface area (Å²) in [6.45, 7) is 2.54. The van der Waals surface area contributed by atoms with Crippen molar-refractivity contribution in [2.24, 2.45) is 0 Å². The molecule has 0 bridgehead atoms. The van der Waals surface area contributed by atoms with Crippen LogP contribution in [0.5, 0.6) is 5.75 Å². The molecule has 1 aromatic heterocycles. The molecule has 0 unspecified atom stereocenters. The van der Waals surface area contributed by atoms with Gasteiger partial charge >= 0.3 is 0 Å². The molecular weight excluding hydrogens is 388 g/mol. The van der Waals surface area contributed by atoms with Crippen molar-refractivity contribution < 1.29 is 22.7 Å². The monoisotopic (exact) mass is 408 g/mol. The first-order chi connectivity index (χ1) is 12.9. The molecule has 1 amide bonds. The highest BCUT2D eigenvalue weighted by Crippen LogP contribution is 2.22. The summed E-state index contributed by atoms with van der Waals surface area (Å²) >= 11 is 1.19. The molecule has 0 aliphatic carbocycles. The van der Waals surface area contributed by atoms with Crippen LogP contribution in [0.3, 0.4) is 0 Å². The molecule has 0 saturated carbocycles. The van der Waals surface area contributed by atoms with Gasteiger partial charge in [-0.2, -0.15) is 4.31 Å². The van der Waals surface area contributed by atoms with Crippen LogP contribution >= 0.6 is 11.3 Å². The van der Waals surface area contributed by atoms with Crippen LogP contribution in [0.15, 0.2) is 46.0 Å². The van der Waals surface area contributed by atoms with Crippen LogP contribution in [-0.4, -0.2) is 62.1 Å². The van der Waals surface area contributed by atoms with Crippen molar-refractivity contribution in [1.82, 2.24) is 9.21 Å². The Labute approximate surface area is 162 Å². The van der Waals surface area contributed by atoms with Gasteiger partial charge in [0, 0.05) is 31.7 Å². The van der Waals surface area contributed by atoms with Gasteiger partial charge in [0.2, 0.25) is 0 Å². The zero-order valence-electron chi connectivity index (χ0n) is 14.8. The molecular formula is C18H20N2O5S2. The Morgan fingerprint density at radius 2 is 1.74 bits per heavy atom. The molecule has 3 rings (SSSR count). The van der Waals surface area contributed by atoms with Crippen LogP contribution in [0.2, 0.25) is 0 Å². The first-order valence-electron chi connectivity index (χ1n) is 8.43.